The number of aliphatic carboxylic acids is 1. The summed E-state index contributed by atoms with van der Waals surface area (Å²) in [5.74, 6) is 0.205. The van der Waals surface area contributed by atoms with Gasteiger partial charge in [0.05, 0.1) is 13.0 Å². The number of carboxylic acids is 1. The van der Waals surface area contributed by atoms with Crippen LogP contribution in [0.1, 0.15) is 49.7 Å². The fourth-order valence-corrected chi connectivity index (χ4v) is 3.64. The molecule has 1 aromatic rings. The number of ether oxygens (including phenoxy) is 1. The zero-order valence-corrected chi connectivity index (χ0v) is 11.2. The maximum atomic E-state index is 10.9. The normalized spacial score (nSPS) is 20.6. The molecule has 19 heavy (non-hydrogen) atoms. The summed E-state index contributed by atoms with van der Waals surface area (Å²) in [5, 5.41) is 8.94. The fraction of sp³-hybridized carbons (Fsp3) is 0.562. The molecule has 3 nitrogen and oxygen atoms in total. The van der Waals surface area contributed by atoms with Gasteiger partial charge in [0.15, 0.2) is 0 Å². The van der Waals surface area contributed by atoms with Gasteiger partial charge in [0.25, 0.3) is 0 Å². The SMILES string of the molecule is O=C(O)Cc1ccc2c(c1)C1(CCCCC1)CCO2. The van der Waals surface area contributed by atoms with E-state index in [1.54, 1.807) is 0 Å². The van der Waals surface area contributed by atoms with Gasteiger partial charge in [-0.15, -0.1) is 0 Å². The van der Waals surface area contributed by atoms with Gasteiger partial charge >= 0.3 is 5.97 Å². The molecule has 0 atom stereocenters. The van der Waals surface area contributed by atoms with Gasteiger partial charge < -0.3 is 9.84 Å². The average molecular weight is 260 g/mol. The maximum absolute atomic E-state index is 10.9. The third-order valence-electron chi connectivity index (χ3n) is 4.62. The Kier molecular flexibility index (Phi) is 3.21. The van der Waals surface area contributed by atoms with Crippen molar-refractivity contribution in [1.29, 1.82) is 0 Å². The van der Waals surface area contributed by atoms with Crippen molar-refractivity contribution in [1.82, 2.24) is 0 Å². The van der Waals surface area contributed by atoms with Crippen LogP contribution in [0.3, 0.4) is 0 Å². The number of rotatable bonds is 2. The maximum Gasteiger partial charge on any atom is 0.307 e. The van der Waals surface area contributed by atoms with Crippen LogP contribution >= 0.6 is 0 Å². The summed E-state index contributed by atoms with van der Waals surface area (Å²) in [6.45, 7) is 0.797. The van der Waals surface area contributed by atoms with Gasteiger partial charge in [-0.05, 0) is 30.9 Å². The van der Waals surface area contributed by atoms with Crippen LogP contribution in [0.25, 0.3) is 0 Å². The van der Waals surface area contributed by atoms with Gasteiger partial charge in [-0.3, -0.25) is 4.79 Å². The molecule has 102 valence electrons. The molecule has 1 heterocycles. The Morgan fingerprint density at radius 2 is 2.00 bits per heavy atom. The molecule has 0 bridgehead atoms. The lowest BCUT2D eigenvalue weighted by Gasteiger charge is -2.42. The number of fused-ring (bicyclic) bond motifs is 2. The topological polar surface area (TPSA) is 46.5 Å². The van der Waals surface area contributed by atoms with Crippen LogP contribution in [0, 0.1) is 0 Å². The summed E-state index contributed by atoms with van der Waals surface area (Å²) in [7, 11) is 0. The van der Waals surface area contributed by atoms with Crippen molar-refractivity contribution >= 4 is 5.97 Å². The van der Waals surface area contributed by atoms with Crippen molar-refractivity contribution < 1.29 is 14.6 Å². The van der Waals surface area contributed by atoms with Gasteiger partial charge in [0.2, 0.25) is 0 Å². The summed E-state index contributed by atoms with van der Waals surface area (Å²) in [5.41, 5.74) is 2.40. The van der Waals surface area contributed by atoms with E-state index in [1.165, 1.54) is 37.7 Å². The van der Waals surface area contributed by atoms with E-state index in [4.69, 9.17) is 9.84 Å². The second-order valence-electron chi connectivity index (χ2n) is 5.84. The molecule has 0 radical (unpaired) electrons. The summed E-state index contributed by atoms with van der Waals surface area (Å²) in [4.78, 5) is 10.9. The molecule has 0 unspecified atom stereocenters. The van der Waals surface area contributed by atoms with Crippen molar-refractivity contribution in [3.8, 4) is 5.75 Å². The van der Waals surface area contributed by atoms with E-state index in [2.05, 4.69) is 6.07 Å². The molecule has 1 spiro atoms. The first kappa shape index (κ1) is 12.5. The van der Waals surface area contributed by atoms with E-state index in [1.807, 2.05) is 12.1 Å². The number of carboxylic acid groups (broad SMARTS) is 1. The van der Waals surface area contributed by atoms with Crippen LogP contribution in [-0.2, 0) is 16.6 Å². The number of hydrogen-bond acceptors (Lipinski definition) is 2. The van der Waals surface area contributed by atoms with Gasteiger partial charge in [0.1, 0.15) is 5.75 Å². The highest BCUT2D eigenvalue weighted by Gasteiger charge is 2.38. The Morgan fingerprint density at radius 1 is 1.21 bits per heavy atom. The van der Waals surface area contributed by atoms with Gasteiger partial charge in [-0.25, -0.2) is 0 Å². The second kappa shape index (κ2) is 4.87. The average Bonchev–Trinajstić information content (AvgIpc) is 2.40. The molecular weight excluding hydrogens is 240 g/mol. The highest BCUT2D eigenvalue weighted by Crippen LogP contribution is 2.48. The van der Waals surface area contributed by atoms with Crippen molar-refractivity contribution in [2.45, 2.75) is 50.4 Å². The molecule has 2 aliphatic rings. The summed E-state index contributed by atoms with van der Waals surface area (Å²) in [6, 6.07) is 5.92. The third kappa shape index (κ3) is 2.34. The first-order chi connectivity index (χ1) is 9.20. The zero-order chi connectivity index (χ0) is 13.3. The lowest BCUT2D eigenvalue weighted by molar-refractivity contribution is -0.136. The van der Waals surface area contributed by atoms with Crippen molar-refractivity contribution in [3.63, 3.8) is 0 Å². The monoisotopic (exact) mass is 260 g/mol. The molecule has 0 saturated heterocycles. The summed E-state index contributed by atoms with van der Waals surface area (Å²) in [6.07, 6.45) is 7.51. The molecule has 1 aromatic carbocycles. The highest BCUT2D eigenvalue weighted by molar-refractivity contribution is 5.70. The Morgan fingerprint density at radius 3 is 2.74 bits per heavy atom. The molecule has 0 aromatic heterocycles. The summed E-state index contributed by atoms with van der Waals surface area (Å²) >= 11 is 0. The number of carbonyl (C=O) groups is 1. The minimum Gasteiger partial charge on any atom is -0.493 e. The van der Waals surface area contributed by atoms with Crippen molar-refractivity contribution in [2.24, 2.45) is 0 Å². The minimum atomic E-state index is -0.769. The predicted octanol–water partition coefficient (Wildman–Crippen LogP) is 3.30. The Hall–Kier alpha value is -1.51. The van der Waals surface area contributed by atoms with Gasteiger partial charge in [0, 0.05) is 11.0 Å². The molecular formula is C16H20O3. The van der Waals surface area contributed by atoms with Crippen molar-refractivity contribution in [2.75, 3.05) is 6.61 Å². The fourth-order valence-electron chi connectivity index (χ4n) is 3.64. The van der Waals surface area contributed by atoms with Crippen LogP contribution in [0.4, 0.5) is 0 Å². The molecule has 1 fully saturated rings. The Bertz CT molecular complexity index is 487. The van der Waals surface area contributed by atoms with Crippen LogP contribution in [0.15, 0.2) is 18.2 Å². The van der Waals surface area contributed by atoms with E-state index >= 15 is 0 Å². The van der Waals surface area contributed by atoms with E-state index in [0.29, 0.717) is 0 Å². The first-order valence-electron chi connectivity index (χ1n) is 7.18. The summed E-state index contributed by atoms with van der Waals surface area (Å²) < 4.78 is 5.76. The molecule has 1 aliphatic heterocycles. The van der Waals surface area contributed by atoms with E-state index < -0.39 is 5.97 Å². The second-order valence-corrected chi connectivity index (χ2v) is 5.84. The molecule has 1 saturated carbocycles. The first-order valence-corrected chi connectivity index (χ1v) is 7.18. The predicted molar refractivity (Wildman–Crippen MR) is 72.7 cm³/mol. The zero-order valence-electron chi connectivity index (χ0n) is 11.2. The quantitative estimate of drug-likeness (QED) is 0.887. The Labute approximate surface area is 113 Å². The van der Waals surface area contributed by atoms with Crippen LogP contribution < -0.4 is 4.74 Å². The molecule has 0 amide bonds. The molecule has 3 rings (SSSR count). The van der Waals surface area contributed by atoms with E-state index in [9.17, 15) is 4.79 Å². The third-order valence-corrected chi connectivity index (χ3v) is 4.62. The molecule has 1 N–H and O–H groups in total. The largest absolute Gasteiger partial charge is 0.493 e. The van der Waals surface area contributed by atoms with Crippen molar-refractivity contribution in [3.05, 3.63) is 29.3 Å². The van der Waals surface area contributed by atoms with Crippen LogP contribution in [0.2, 0.25) is 0 Å². The number of benzene rings is 1. The molecule has 1 aliphatic carbocycles. The lowest BCUT2D eigenvalue weighted by Crippen LogP contribution is -2.35. The standard InChI is InChI=1S/C16H20O3/c17-15(18)11-12-4-5-14-13(10-12)16(8-9-19-14)6-2-1-3-7-16/h4-5,10H,1-3,6-9,11H2,(H,17,18). The Balaban J connectivity index is 1.98. The highest BCUT2D eigenvalue weighted by atomic mass is 16.5. The lowest BCUT2D eigenvalue weighted by atomic mass is 9.66. The van der Waals surface area contributed by atoms with Crippen LogP contribution in [0.5, 0.6) is 5.75 Å². The van der Waals surface area contributed by atoms with E-state index in [-0.39, 0.29) is 11.8 Å². The van der Waals surface area contributed by atoms with Gasteiger partial charge in [-0.1, -0.05) is 31.4 Å². The minimum absolute atomic E-state index is 0.101. The number of hydrogen-bond donors (Lipinski definition) is 1. The molecule has 3 heteroatoms. The van der Waals surface area contributed by atoms with Gasteiger partial charge in [-0.2, -0.15) is 0 Å². The van der Waals surface area contributed by atoms with Crippen LogP contribution in [-0.4, -0.2) is 17.7 Å². The smallest absolute Gasteiger partial charge is 0.307 e. The van der Waals surface area contributed by atoms with E-state index in [0.717, 1.165) is 24.3 Å².